The predicted molar refractivity (Wildman–Crippen MR) is 66.3 cm³/mol. The Morgan fingerprint density at radius 2 is 2.38 bits per heavy atom. The lowest BCUT2D eigenvalue weighted by Crippen LogP contribution is -2.25. The Hall–Kier alpha value is -0.890. The van der Waals surface area contributed by atoms with Crippen molar-refractivity contribution in [3.05, 3.63) is 23.8 Å². The number of carbonyl (C=O) groups excluding carboxylic acids is 1. The standard InChI is InChI=1S/C14H21NO/c1-15-10-13(9-14(15)11-16)8-7-12-5-3-2-4-6-12/h3,5-6,11,13-14H,2,4,7-10H2,1H3. The van der Waals surface area contributed by atoms with Crippen molar-refractivity contribution < 1.29 is 4.79 Å². The van der Waals surface area contributed by atoms with E-state index in [0.29, 0.717) is 5.92 Å². The second kappa shape index (κ2) is 5.44. The number of aldehydes is 1. The zero-order valence-electron chi connectivity index (χ0n) is 10.1. The van der Waals surface area contributed by atoms with Gasteiger partial charge in [0.15, 0.2) is 0 Å². The Labute approximate surface area is 98.0 Å². The molecule has 0 bridgehead atoms. The van der Waals surface area contributed by atoms with Gasteiger partial charge in [-0.05, 0) is 45.1 Å². The summed E-state index contributed by atoms with van der Waals surface area (Å²) in [5, 5.41) is 0. The minimum atomic E-state index is 0.167. The molecule has 0 amide bonds. The topological polar surface area (TPSA) is 20.3 Å². The first-order valence-electron chi connectivity index (χ1n) is 6.30. The lowest BCUT2D eigenvalue weighted by Gasteiger charge is -2.12. The van der Waals surface area contributed by atoms with Crippen molar-refractivity contribution in [2.75, 3.05) is 13.6 Å². The summed E-state index contributed by atoms with van der Waals surface area (Å²) in [6.45, 7) is 1.08. The lowest BCUT2D eigenvalue weighted by atomic mass is 9.95. The Bertz CT molecular complexity index is 306. The second-order valence-corrected chi connectivity index (χ2v) is 5.04. The number of allylic oxidation sites excluding steroid dienone is 4. The third-order valence-corrected chi connectivity index (χ3v) is 3.76. The van der Waals surface area contributed by atoms with Crippen LogP contribution in [0.2, 0.25) is 0 Å². The Morgan fingerprint density at radius 3 is 3.00 bits per heavy atom. The van der Waals surface area contributed by atoms with E-state index in [0.717, 1.165) is 19.3 Å². The van der Waals surface area contributed by atoms with Gasteiger partial charge in [0, 0.05) is 6.54 Å². The molecule has 88 valence electrons. The van der Waals surface area contributed by atoms with E-state index in [1.165, 1.54) is 31.3 Å². The molecule has 2 heteroatoms. The van der Waals surface area contributed by atoms with Crippen molar-refractivity contribution in [3.8, 4) is 0 Å². The van der Waals surface area contributed by atoms with Crippen molar-refractivity contribution in [1.82, 2.24) is 4.90 Å². The van der Waals surface area contributed by atoms with Gasteiger partial charge in [0.2, 0.25) is 0 Å². The maximum atomic E-state index is 10.8. The summed E-state index contributed by atoms with van der Waals surface area (Å²) in [4.78, 5) is 13.0. The van der Waals surface area contributed by atoms with Crippen molar-refractivity contribution in [1.29, 1.82) is 0 Å². The molecule has 0 aromatic carbocycles. The first kappa shape index (κ1) is 11.6. The van der Waals surface area contributed by atoms with Gasteiger partial charge < -0.3 is 4.79 Å². The molecule has 0 aromatic heterocycles. The van der Waals surface area contributed by atoms with Gasteiger partial charge in [-0.3, -0.25) is 4.90 Å². The molecule has 16 heavy (non-hydrogen) atoms. The highest BCUT2D eigenvalue weighted by Crippen LogP contribution is 2.27. The number of hydrogen-bond donors (Lipinski definition) is 0. The van der Waals surface area contributed by atoms with Gasteiger partial charge in [0.1, 0.15) is 6.29 Å². The maximum Gasteiger partial charge on any atom is 0.137 e. The van der Waals surface area contributed by atoms with E-state index in [4.69, 9.17) is 0 Å². The van der Waals surface area contributed by atoms with E-state index in [2.05, 4.69) is 30.2 Å². The van der Waals surface area contributed by atoms with Gasteiger partial charge >= 0.3 is 0 Å². The highest BCUT2D eigenvalue weighted by molar-refractivity contribution is 5.58. The van der Waals surface area contributed by atoms with Gasteiger partial charge in [-0.15, -0.1) is 0 Å². The van der Waals surface area contributed by atoms with Crippen LogP contribution in [-0.4, -0.2) is 30.8 Å². The molecule has 1 aliphatic carbocycles. The molecule has 2 rings (SSSR count). The summed E-state index contributed by atoms with van der Waals surface area (Å²) in [5.41, 5.74) is 1.49. The number of carbonyl (C=O) groups is 1. The number of rotatable bonds is 4. The SMILES string of the molecule is CN1CC(CCC2=CCCC=C2)CC1C=O. The van der Waals surface area contributed by atoms with Crippen LogP contribution < -0.4 is 0 Å². The van der Waals surface area contributed by atoms with E-state index < -0.39 is 0 Å². The van der Waals surface area contributed by atoms with Crippen molar-refractivity contribution in [2.45, 2.75) is 38.1 Å². The maximum absolute atomic E-state index is 10.8. The second-order valence-electron chi connectivity index (χ2n) is 5.04. The number of hydrogen-bond acceptors (Lipinski definition) is 2. The molecule has 0 N–H and O–H groups in total. The monoisotopic (exact) mass is 219 g/mol. The fraction of sp³-hybridized carbons (Fsp3) is 0.643. The number of likely N-dealkylation sites (tertiary alicyclic amines) is 1. The molecular weight excluding hydrogens is 198 g/mol. The average molecular weight is 219 g/mol. The third kappa shape index (κ3) is 2.82. The van der Waals surface area contributed by atoms with E-state index >= 15 is 0 Å². The summed E-state index contributed by atoms with van der Waals surface area (Å²) >= 11 is 0. The number of nitrogens with zero attached hydrogens (tertiary/aromatic N) is 1. The Kier molecular flexibility index (Phi) is 3.94. The van der Waals surface area contributed by atoms with Crippen LogP contribution in [0.3, 0.4) is 0 Å². The van der Waals surface area contributed by atoms with Gasteiger partial charge in [-0.1, -0.05) is 23.8 Å². The van der Waals surface area contributed by atoms with Crippen LogP contribution in [-0.2, 0) is 4.79 Å². The number of likely N-dealkylation sites (N-methyl/N-ethyl adjacent to an activating group) is 1. The molecule has 2 unspecified atom stereocenters. The van der Waals surface area contributed by atoms with Crippen molar-refractivity contribution >= 4 is 6.29 Å². The molecule has 2 aliphatic rings. The fourth-order valence-electron chi connectivity index (χ4n) is 2.73. The van der Waals surface area contributed by atoms with E-state index in [1.54, 1.807) is 0 Å². The highest BCUT2D eigenvalue weighted by atomic mass is 16.1. The fourth-order valence-corrected chi connectivity index (χ4v) is 2.73. The summed E-state index contributed by atoms with van der Waals surface area (Å²) in [5.74, 6) is 0.705. The summed E-state index contributed by atoms with van der Waals surface area (Å²) in [7, 11) is 2.05. The minimum absolute atomic E-state index is 0.167. The smallest absolute Gasteiger partial charge is 0.137 e. The van der Waals surface area contributed by atoms with Crippen LogP contribution in [0.4, 0.5) is 0 Å². The Morgan fingerprint density at radius 1 is 1.50 bits per heavy atom. The van der Waals surface area contributed by atoms with Crippen LogP contribution >= 0.6 is 0 Å². The van der Waals surface area contributed by atoms with Gasteiger partial charge in [-0.2, -0.15) is 0 Å². The molecule has 2 nitrogen and oxygen atoms in total. The molecule has 1 saturated heterocycles. The average Bonchev–Trinajstić information content (AvgIpc) is 2.69. The molecule has 2 atom stereocenters. The first-order valence-corrected chi connectivity index (χ1v) is 6.30. The van der Waals surface area contributed by atoms with E-state index in [-0.39, 0.29) is 6.04 Å². The summed E-state index contributed by atoms with van der Waals surface area (Å²) in [6.07, 6.45) is 13.8. The van der Waals surface area contributed by atoms with Crippen molar-refractivity contribution in [3.63, 3.8) is 0 Å². The van der Waals surface area contributed by atoms with Crippen LogP contribution in [0.25, 0.3) is 0 Å². The first-order chi connectivity index (χ1) is 7.79. The normalized spacial score (nSPS) is 30.4. The van der Waals surface area contributed by atoms with E-state index in [1.807, 2.05) is 0 Å². The Balaban J connectivity index is 1.77. The van der Waals surface area contributed by atoms with Gasteiger partial charge in [-0.25, -0.2) is 0 Å². The van der Waals surface area contributed by atoms with Gasteiger partial charge in [0.05, 0.1) is 6.04 Å². The molecule has 0 aromatic rings. The summed E-state index contributed by atoms with van der Waals surface area (Å²) in [6, 6.07) is 0.167. The quantitative estimate of drug-likeness (QED) is 0.677. The molecule has 0 saturated carbocycles. The van der Waals surface area contributed by atoms with E-state index in [9.17, 15) is 4.79 Å². The molecule has 1 aliphatic heterocycles. The lowest BCUT2D eigenvalue weighted by molar-refractivity contribution is -0.111. The van der Waals surface area contributed by atoms with Crippen LogP contribution in [0.5, 0.6) is 0 Å². The van der Waals surface area contributed by atoms with Crippen LogP contribution in [0.1, 0.15) is 32.1 Å². The van der Waals surface area contributed by atoms with Crippen LogP contribution in [0, 0.1) is 5.92 Å². The molecule has 0 spiro atoms. The molecule has 1 heterocycles. The van der Waals surface area contributed by atoms with Gasteiger partial charge in [0.25, 0.3) is 0 Å². The molecule has 1 fully saturated rings. The zero-order valence-corrected chi connectivity index (χ0v) is 10.1. The minimum Gasteiger partial charge on any atom is -0.302 e. The summed E-state index contributed by atoms with van der Waals surface area (Å²) < 4.78 is 0. The zero-order chi connectivity index (χ0) is 11.4. The predicted octanol–water partition coefficient (Wildman–Crippen LogP) is 2.56. The molecular formula is C14H21NO. The largest absolute Gasteiger partial charge is 0.302 e. The third-order valence-electron chi connectivity index (χ3n) is 3.76. The van der Waals surface area contributed by atoms with Crippen LogP contribution in [0.15, 0.2) is 23.8 Å². The van der Waals surface area contributed by atoms with Crippen molar-refractivity contribution in [2.24, 2.45) is 5.92 Å². The molecule has 0 radical (unpaired) electrons. The highest BCUT2D eigenvalue weighted by Gasteiger charge is 2.28.